The lowest BCUT2D eigenvalue weighted by atomic mass is 9.83. The highest BCUT2D eigenvalue weighted by Gasteiger charge is 2.41. The standard InChI is InChI=1S/C35H62N6O7/c1-6-8-15-28-25(18-23-16-17-23)35(47)41(5)27(12-7-2)32(44)40-30(24-13-10-9-11-14-24)34(46)38-26(19-36)31(43)39-29(22(4)42)33(45)37-21(3)20-48-28/h21-30,42H,6-20,36H2,1-5H3,(H,37,45)(H,38,46)(H,39,43)(H,40,44)/t21-,22?,25-,26+,27+,28-,29+,30+/m1/s1. The summed E-state index contributed by atoms with van der Waals surface area (Å²) in [6.07, 6.45) is 8.87. The molecule has 0 bridgehead atoms. The van der Waals surface area contributed by atoms with Gasteiger partial charge in [-0.05, 0) is 57.8 Å². The van der Waals surface area contributed by atoms with Gasteiger partial charge < -0.3 is 41.7 Å². The summed E-state index contributed by atoms with van der Waals surface area (Å²) in [5.41, 5.74) is 5.93. The zero-order valence-corrected chi connectivity index (χ0v) is 29.8. The molecule has 3 rings (SSSR count). The number of hydrogen-bond acceptors (Lipinski definition) is 8. The van der Waals surface area contributed by atoms with Crippen LogP contribution in [0.2, 0.25) is 0 Å². The number of rotatable bonds is 10. The van der Waals surface area contributed by atoms with Gasteiger partial charge in [0, 0.05) is 19.6 Å². The fraction of sp³-hybridized carbons (Fsp3) is 0.857. The lowest BCUT2D eigenvalue weighted by Gasteiger charge is -2.36. The average molecular weight is 679 g/mol. The van der Waals surface area contributed by atoms with Gasteiger partial charge in [0.25, 0.3) is 0 Å². The molecule has 0 aromatic heterocycles. The molecule has 1 aliphatic heterocycles. The van der Waals surface area contributed by atoms with Crippen LogP contribution in [0.3, 0.4) is 0 Å². The van der Waals surface area contributed by atoms with Gasteiger partial charge >= 0.3 is 0 Å². The topological polar surface area (TPSA) is 192 Å². The van der Waals surface area contributed by atoms with E-state index in [2.05, 4.69) is 28.2 Å². The molecule has 3 fully saturated rings. The first-order chi connectivity index (χ1) is 22.9. The molecule has 8 atom stereocenters. The van der Waals surface area contributed by atoms with Gasteiger partial charge in [0.2, 0.25) is 29.5 Å². The zero-order chi connectivity index (χ0) is 35.4. The monoisotopic (exact) mass is 678 g/mol. The van der Waals surface area contributed by atoms with Crippen molar-refractivity contribution in [1.82, 2.24) is 26.2 Å². The second-order valence-corrected chi connectivity index (χ2v) is 14.4. The lowest BCUT2D eigenvalue weighted by molar-refractivity contribution is -0.148. The minimum Gasteiger partial charge on any atom is -0.391 e. The van der Waals surface area contributed by atoms with Crippen LogP contribution in [0, 0.1) is 17.8 Å². The molecule has 0 aromatic rings. The highest BCUT2D eigenvalue weighted by atomic mass is 16.5. The van der Waals surface area contributed by atoms with Crippen molar-refractivity contribution in [2.45, 2.75) is 154 Å². The first-order valence-electron chi connectivity index (χ1n) is 18.4. The van der Waals surface area contributed by atoms with E-state index in [1.54, 1.807) is 18.9 Å². The Morgan fingerprint density at radius 2 is 1.56 bits per heavy atom. The molecule has 13 nitrogen and oxygen atoms in total. The van der Waals surface area contributed by atoms with Crippen molar-refractivity contribution in [2.75, 3.05) is 20.2 Å². The van der Waals surface area contributed by atoms with Crippen molar-refractivity contribution in [3.63, 3.8) is 0 Å². The predicted molar refractivity (Wildman–Crippen MR) is 182 cm³/mol. The molecule has 2 aliphatic carbocycles. The van der Waals surface area contributed by atoms with E-state index in [-0.39, 0.29) is 25.0 Å². The fourth-order valence-electron chi connectivity index (χ4n) is 7.03. The molecule has 274 valence electrons. The first-order valence-corrected chi connectivity index (χ1v) is 18.4. The van der Waals surface area contributed by atoms with Gasteiger partial charge in [0.1, 0.15) is 24.2 Å². The van der Waals surface area contributed by atoms with Crippen molar-refractivity contribution in [1.29, 1.82) is 0 Å². The van der Waals surface area contributed by atoms with Crippen molar-refractivity contribution >= 4 is 29.5 Å². The maximum absolute atomic E-state index is 14.4. The number of nitrogens with two attached hydrogens (primary N) is 1. The second-order valence-electron chi connectivity index (χ2n) is 14.4. The van der Waals surface area contributed by atoms with Crippen molar-refractivity contribution in [3.05, 3.63) is 0 Å². The van der Waals surface area contributed by atoms with Gasteiger partial charge in [-0.3, -0.25) is 24.0 Å². The van der Waals surface area contributed by atoms with Crippen LogP contribution in [-0.2, 0) is 28.7 Å². The first kappa shape index (κ1) is 39.7. The Balaban J connectivity index is 2.04. The molecular formula is C35H62N6O7. The smallest absolute Gasteiger partial charge is 0.245 e. The third-order valence-corrected chi connectivity index (χ3v) is 10.2. The number of nitrogens with one attached hydrogen (secondary N) is 4. The summed E-state index contributed by atoms with van der Waals surface area (Å²) < 4.78 is 6.43. The molecule has 0 aromatic carbocycles. The normalized spacial score (nSPS) is 31.9. The number of aliphatic hydroxyl groups excluding tert-OH is 1. The van der Waals surface area contributed by atoms with E-state index in [4.69, 9.17) is 10.5 Å². The van der Waals surface area contributed by atoms with Crippen molar-refractivity contribution in [2.24, 2.45) is 23.5 Å². The Bertz CT molecular complexity index is 1080. The quantitative estimate of drug-likeness (QED) is 0.200. The molecule has 1 unspecified atom stereocenters. The molecule has 1 heterocycles. The third kappa shape index (κ3) is 11.4. The molecule has 5 amide bonds. The SMILES string of the molecule is CCCC[C@H]1OC[C@@H](C)NC(=O)[C@H](C(C)O)NC(=O)[C@H](CN)NC(=O)[C@H](C2CCCCC2)NC(=O)[C@H](CCC)N(C)C(=O)[C@@H]1CC1CC1. The minimum atomic E-state index is -1.31. The molecule has 2 saturated carbocycles. The number of ether oxygens (including phenoxy) is 1. The lowest BCUT2D eigenvalue weighted by Crippen LogP contribution is -2.62. The number of carbonyl (C=O) groups excluding carboxylic acids is 5. The van der Waals surface area contributed by atoms with E-state index in [9.17, 15) is 29.1 Å². The molecule has 1 saturated heterocycles. The number of likely N-dealkylation sites (N-methyl/N-ethyl adjacent to an activating group) is 1. The van der Waals surface area contributed by atoms with Crippen LogP contribution in [0.25, 0.3) is 0 Å². The van der Waals surface area contributed by atoms with Crippen LogP contribution in [-0.4, -0.2) is 102 Å². The Kier molecular flexibility index (Phi) is 16.1. The van der Waals surface area contributed by atoms with Crippen LogP contribution in [0.1, 0.15) is 111 Å². The molecule has 48 heavy (non-hydrogen) atoms. The third-order valence-electron chi connectivity index (χ3n) is 10.2. The summed E-state index contributed by atoms with van der Waals surface area (Å²) in [4.78, 5) is 70.6. The summed E-state index contributed by atoms with van der Waals surface area (Å²) in [5.74, 6) is -2.65. The van der Waals surface area contributed by atoms with E-state index in [1.165, 1.54) is 6.92 Å². The van der Waals surface area contributed by atoms with E-state index < -0.39 is 72.0 Å². The Morgan fingerprint density at radius 1 is 0.875 bits per heavy atom. The highest BCUT2D eigenvalue weighted by molar-refractivity contribution is 5.96. The van der Waals surface area contributed by atoms with Crippen molar-refractivity contribution in [3.8, 4) is 0 Å². The number of carbonyl (C=O) groups is 5. The van der Waals surface area contributed by atoms with E-state index in [0.717, 1.165) is 57.8 Å². The van der Waals surface area contributed by atoms with Gasteiger partial charge in [-0.15, -0.1) is 0 Å². The summed E-state index contributed by atoms with van der Waals surface area (Å²) in [6.45, 7) is 7.04. The van der Waals surface area contributed by atoms with Gasteiger partial charge in [0.05, 0.1) is 24.7 Å². The summed E-state index contributed by atoms with van der Waals surface area (Å²) >= 11 is 0. The number of aliphatic hydroxyl groups is 1. The fourth-order valence-corrected chi connectivity index (χ4v) is 7.03. The Morgan fingerprint density at radius 3 is 2.15 bits per heavy atom. The minimum absolute atomic E-state index is 0.113. The van der Waals surface area contributed by atoms with Gasteiger partial charge in [0.15, 0.2) is 0 Å². The average Bonchev–Trinajstić information content (AvgIpc) is 3.89. The molecule has 7 N–H and O–H groups in total. The molecule has 3 aliphatic rings. The number of nitrogens with zero attached hydrogens (tertiary/aromatic N) is 1. The zero-order valence-electron chi connectivity index (χ0n) is 29.8. The maximum Gasteiger partial charge on any atom is 0.245 e. The summed E-state index contributed by atoms with van der Waals surface area (Å²) in [7, 11) is 1.67. The molecule has 13 heteroatoms. The predicted octanol–water partition coefficient (Wildman–Crippen LogP) is 1.50. The highest BCUT2D eigenvalue weighted by Crippen LogP contribution is 2.38. The van der Waals surface area contributed by atoms with Crippen LogP contribution < -0.4 is 27.0 Å². The van der Waals surface area contributed by atoms with E-state index in [1.807, 2.05) is 6.92 Å². The molecule has 0 radical (unpaired) electrons. The summed E-state index contributed by atoms with van der Waals surface area (Å²) in [6, 6.07) is -4.77. The van der Waals surface area contributed by atoms with E-state index >= 15 is 0 Å². The number of hydrogen-bond donors (Lipinski definition) is 6. The van der Waals surface area contributed by atoms with Gasteiger partial charge in [-0.2, -0.15) is 0 Å². The molecular weight excluding hydrogens is 616 g/mol. The second kappa shape index (κ2) is 19.4. The summed E-state index contributed by atoms with van der Waals surface area (Å²) in [5, 5.41) is 21.5. The number of amides is 5. The molecule has 0 spiro atoms. The Labute approximate surface area is 286 Å². The number of unbranched alkanes of at least 4 members (excludes halogenated alkanes) is 1. The van der Waals surface area contributed by atoms with Crippen molar-refractivity contribution < 1.29 is 33.8 Å². The largest absolute Gasteiger partial charge is 0.391 e. The van der Waals surface area contributed by atoms with Crippen LogP contribution >= 0.6 is 0 Å². The van der Waals surface area contributed by atoms with Crippen LogP contribution in [0.15, 0.2) is 0 Å². The maximum atomic E-state index is 14.4. The van der Waals surface area contributed by atoms with Crippen LogP contribution in [0.4, 0.5) is 0 Å². The van der Waals surface area contributed by atoms with Gasteiger partial charge in [-0.1, -0.05) is 65.2 Å². The van der Waals surface area contributed by atoms with Gasteiger partial charge in [-0.25, -0.2) is 0 Å². The van der Waals surface area contributed by atoms with Crippen LogP contribution in [0.5, 0.6) is 0 Å². The van der Waals surface area contributed by atoms with E-state index in [0.29, 0.717) is 31.6 Å². The Hall–Kier alpha value is -2.77.